The lowest BCUT2D eigenvalue weighted by Gasteiger charge is -2.04. The first-order valence-corrected chi connectivity index (χ1v) is 5.06. The lowest BCUT2D eigenvalue weighted by atomic mass is 10.1. The van der Waals surface area contributed by atoms with Crippen LogP contribution in [0.25, 0.3) is 11.3 Å². The fourth-order valence-electron chi connectivity index (χ4n) is 1.95. The van der Waals surface area contributed by atoms with E-state index in [1.54, 1.807) is 11.6 Å². The number of aryl methyl sites for hydroxylation is 1. The largest absolute Gasteiger partial charge is 0.477 e. The summed E-state index contributed by atoms with van der Waals surface area (Å²) in [6.45, 7) is 1.82. The van der Waals surface area contributed by atoms with Crippen molar-refractivity contribution < 1.29 is 9.90 Å². The van der Waals surface area contributed by atoms with Crippen LogP contribution in [0.1, 0.15) is 16.1 Å². The van der Waals surface area contributed by atoms with Gasteiger partial charge in [0.25, 0.3) is 0 Å². The quantitative estimate of drug-likeness (QED) is 0.836. The number of benzene rings is 1. The molecule has 0 unspecified atom stereocenters. The summed E-state index contributed by atoms with van der Waals surface area (Å²) in [5, 5.41) is 9.09. The molecule has 82 valence electrons. The highest BCUT2D eigenvalue weighted by Crippen LogP contribution is 2.24. The molecule has 16 heavy (non-hydrogen) atoms. The summed E-state index contributed by atoms with van der Waals surface area (Å²) >= 11 is 0. The van der Waals surface area contributed by atoms with Crippen LogP contribution in [0, 0.1) is 6.92 Å². The van der Waals surface area contributed by atoms with E-state index in [4.69, 9.17) is 5.11 Å². The van der Waals surface area contributed by atoms with E-state index in [1.165, 1.54) is 0 Å². The van der Waals surface area contributed by atoms with Crippen molar-refractivity contribution in [2.45, 2.75) is 6.92 Å². The molecule has 0 spiro atoms. The molecule has 0 radical (unpaired) electrons. The molecule has 1 aromatic carbocycles. The van der Waals surface area contributed by atoms with Crippen LogP contribution < -0.4 is 0 Å². The van der Waals surface area contributed by atoms with Gasteiger partial charge in [0.05, 0.1) is 0 Å². The van der Waals surface area contributed by atoms with E-state index in [0.717, 1.165) is 16.8 Å². The van der Waals surface area contributed by atoms with Gasteiger partial charge in [0.1, 0.15) is 5.69 Å². The summed E-state index contributed by atoms with van der Waals surface area (Å²) in [7, 11) is 1.78. The van der Waals surface area contributed by atoms with Crippen LogP contribution in [0.2, 0.25) is 0 Å². The van der Waals surface area contributed by atoms with E-state index in [0.29, 0.717) is 5.69 Å². The van der Waals surface area contributed by atoms with Gasteiger partial charge in [-0.2, -0.15) is 0 Å². The Morgan fingerprint density at radius 1 is 1.25 bits per heavy atom. The Hall–Kier alpha value is -2.03. The molecule has 1 aromatic heterocycles. The molecule has 0 atom stereocenters. The minimum absolute atomic E-state index is 0.346. The number of aromatic carboxylic acids is 1. The van der Waals surface area contributed by atoms with Crippen LogP contribution in [-0.4, -0.2) is 15.6 Å². The molecule has 0 amide bonds. The zero-order valence-corrected chi connectivity index (χ0v) is 9.27. The fraction of sp³-hybridized carbons (Fsp3) is 0.154. The Balaban J connectivity index is 2.61. The van der Waals surface area contributed by atoms with Gasteiger partial charge in [0, 0.05) is 12.7 Å². The van der Waals surface area contributed by atoms with E-state index >= 15 is 0 Å². The van der Waals surface area contributed by atoms with Gasteiger partial charge >= 0.3 is 5.97 Å². The molecule has 3 heteroatoms. The SMILES string of the molecule is Cc1cc(-c2ccccc2)n(C)c1C(=O)O. The lowest BCUT2D eigenvalue weighted by molar-refractivity contribution is 0.0686. The van der Waals surface area contributed by atoms with Gasteiger partial charge in [-0.1, -0.05) is 30.3 Å². The number of hydrogen-bond donors (Lipinski definition) is 1. The Morgan fingerprint density at radius 3 is 2.38 bits per heavy atom. The Bertz CT molecular complexity index is 526. The molecule has 0 aliphatic carbocycles. The zero-order chi connectivity index (χ0) is 11.7. The van der Waals surface area contributed by atoms with Gasteiger partial charge in [-0.05, 0) is 24.1 Å². The predicted molar refractivity (Wildman–Crippen MR) is 62.5 cm³/mol. The van der Waals surface area contributed by atoms with Crippen LogP contribution in [0.4, 0.5) is 0 Å². The van der Waals surface area contributed by atoms with Crippen LogP contribution >= 0.6 is 0 Å². The number of carbonyl (C=O) groups is 1. The third-order valence-electron chi connectivity index (χ3n) is 2.70. The van der Waals surface area contributed by atoms with E-state index < -0.39 is 5.97 Å². The predicted octanol–water partition coefficient (Wildman–Crippen LogP) is 2.70. The minimum atomic E-state index is -0.887. The maximum atomic E-state index is 11.1. The Morgan fingerprint density at radius 2 is 1.88 bits per heavy atom. The first kappa shape index (κ1) is 10.5. The monoisotopic (exact) mass is 215 g/mol. The Labute approximate surface area is 94.0 Å². The van der Waals surface area contributed by atoms with Crippen molar-refractivity contribution in [1.82, 2.24) is 4.57 Å². The smallest absolute Gasteiger partial charge is 0.352 e. The van der Waals surface area contributed by atoms with Crippen LogP contribution in [0.15, 0.2) is 36.4 Å². The maximum Gasteiger partial charge on any atom is 0.352 e. The molecule has 0 aliphatic heterocycles. The molecule has 0 saturated heterocycles. The van der Waals surface area contributed by atoms with Crippen molar-refractivity contribution in [3.05, 3.63) is 47.7 Å². The van der Waals surface area contributed by atoms with Gasteiger partial charge in [-0.15, -0.1) is 0 Å². The normalized spacial score (nSPS) is 10.4. The molecule has 0 bridgehead atoms. The molecule has 0 fully saturated rings. The van der Waals surface area contributed by atoms with E-state index in [9.17, 15) is 4.79 Å². The van der Waals surface area contributed by atoms with Crippen molar-refractivity contribution in [2.24, 2.45) is 7.05 Å². The second-order valence-corrected chi connectivity index (χ2v) is 3.79. The van der Waals surface area contributed by atoms with E-state index in [1.807, 2.05) is 43.3 Å². The molecular weight excluding hydrogens is 202 g/mol. The summed E-state index contributed by atoms with van der Waals surface area (Å²) < 4.78 is 1.72. The first-order valence-electron chi connectivity index (χ1n) is 5.06. The summed E-state index contributed by atoms with van der Waals surface area (Å²) in [6, 6.07) is 11.7. The number of carboxylic acid groups (broad SMARTS) is 1. The van der Waals surface area contributed by atoms with Gasteiger partial charge in [-0.3, -0.25) is 0 Å². The minimum Gasteiger partial charge on any atom is -0.477 e. The average molecular weight is 215 g/mol. The van der Waals surface area contributed by atoms with E-state index in [2.05, 4.69) is 0 Å². The first-order chi connectivity index (χ1) is 7.61. The highest BCUT2D eigenvalue weighted by Gasteiger charge is 2.16. The highest BCUT2D eigenvalue weighted by molar-refractivity contribution is 5.89. The van der Waals surface area contributed by atoms with Gasteiger partial charge in [0.2, 0.25) is 0 Å². The molecule has 1 heterocycles. The second-order valence-electron chi connectivity index (χ2n) is 3.79. The highest BCUT2D eigenvalue weighted by atomic mass is 16.4. The number of hydrogen-bond acceptors (Lipinski definition) is 1. The molecule has 3 nitrogen and oxygen atoms in total. The van der Waals surface area contributed by atoms with Crippen molar-refractivity contribution in [1.29, 1.82) is 0 Å². The topological polar surface area (TPSA) is 42.2 Å². The number of carboxylic acids is 1. The lowest BCUT2D eigenvalue weighted by Crippen LogP contribution is -2.06. The summed E-state index contributed by atoms with van der Waals surface area (Å²) in [4.78, 5) is 11.1. The molecular formula is C13H13NO2. The number of aromatic nitrogens is 1. The third kappa shape index (κ3) is 1.60. The van der Waals surface area contributed by atoms with Crippen LogP contribution in [0.3, 0.4) is 0 Å². The van der Waals surface area contributed by atoms with Crippen LogP contribution in [0.5, 0.6) is 0 Å². The molecule has 2 aromatic rings. The summed E-state index contributed by atoms with van der Waals surface area (Å²) in [5.74, 6) is -0.887. The standard InChI is InChI=1S/C13H13NO2/c1-9-8-11(10-6-4-3-5-7-10)14(2)12(9)13(15)16/h3-8H,1-2H3,(H,15,16). The van der Waals surface area contributed by atoms with Gasteiger partial charge in [-0.25, -0.2) is 4.79 Å². The maximum absolute atomic E-state index is 11.1. The third-order valence-corrected chi connectivity index (χ3v) is 2.70. The van der Waals surface area contributed by atoms with Gasteiger partial charge in [0.15, 0.2) is 0 Å². The molecule has 2 rings (SSSR count). The molecule has 0 saturated carbocycles. The number of rotatable bonds is 2. The van der Waals surface area contributed by atoms with E-state index in [-0.39, 0.29) is 0 Å². The van der Waals surface area contributed by atoms with Crippen molar-refractivity contribution >= 4 is 5.97 Å². The van der Waals surface area contributed by atoms with Crippen molar-refractivity contribution in [3.8, 4) is 11.3 Å². The van der Waals surface area contributed by atoms with Crippen molar-refractivity contribution in [3.63, 3.8) is 0 Å². The zero-order valence-electron chi connectivity index (χ0n) is 9.27. The van der Waals surface area contributed by atoms with Crippen molar-refractivity contribution in [2.75, 3.05) is 0 Å². The molecule has 0 aliphatic rings. The summed E-state index contributed by atoms with van der Waals surface area (Å²) in [5.41, 5.74) is 3.09. The van der Waals surface area contributed by atoms with Crippen LogP contribution in [-0.2, 0) is 7.05 Å². The Kier molecular flexibility index (Phi) is 2.52. The average Bonchev–Trinajstić information content (AvgIpc) is 2.55. The summed E-state index contributed by atoms with van der Waals surface area (Å²) in [6.07, 6.45) is 0. The second kappa shape index (κ2) is 3.85. The number of nitrogens with zero attached hydrogens (tertiary/aromatic N) is 1. The fourth-order valence-corrected chi connectivity index (χ4v) is 1.95. The van der Waals surface area contributed by atoms with Gasteiger partial charge < -0.3 is 9.67 Å². The molecule has 1 N–H and O–H groups in total.